The van der Waals surface area contributed by atoms with E-state index < -0.39 is 0 Å². The van der Waals surface area contributed by atoms with Crippen LogP contribution in [0.5, 0.6) is 0 Å². The summed E-state index contributed by atoms with van der Waals surface area (Å²) >= 11 is 0. The van der Waals surface area contributed by atoms with E-state index in [1.54, 1.807) is 0 Å². The van der Waals surface area contributed by atoms with Gasteiger partial charge in [0, 0.05) is 5.56 Å². The van der Waals surface area contributed by atoms with E-state index >= 15 is 0 Å². The Morgan fingerprint density at radius 1 is 1.31 bits per heavy atom. The van der Waals surface area contributed by atoms with Gasteiger partial charge in [-0.25, -0.2) is 0 Å². The van der Waals surface area contributed by atoms with Crippen LogP contribution in [0.3, 0.4) is 0 Å². The Kier molecular flexibility index (Phi) is 1.77. The van der Waals surface area contributed by atoms with E-state index in [1.165, 1.54) is 6.20 Å². The average molecular weight is 174 g/mol. The molecule has 1 aromatic heterocycles. The zero-order valence-electron chi connectivity index (χ0n) is 7.32. The number of hydrogen-bond acceptors (Lipinski definition) is 3. The van der Waals surface area contributed by atoms with Crippen LogP contribution in [0.2, 0.25) is 0 Å². The minimum Gasteiger partial charge on any atom is -0.394 e. The molecular formula is C10H10N2O. The van der Waals surface area contributed by atoms with Crippen molar-refractivity contribution in [1.82, 2.24) is 5.16 Å². The largest absolute Gasteiger partial charge is 0.394 e. The molecule has 0 saturated carbocycles. The third-order valence-corrected chi connectivity index (χ3v) is 1.99. The van der Waals surface area contributed by atoms with Crippen molar-refractivity contribution >= 4 is 5.69 Å². The normalized spacial score (nSPS) is 10.2. The summed E-state index contributed by atoms with van der Waals surface area (Å²) in [7, 11) is 0. The van der Waals surface area contributed by atoms with Gasteiger partial charge in [0.05, 0.1) is 6.20 Å². The van der Waals surface area contributed by atoms with Gasteiger partial charge in [0.2, 0.25) is 0 Å². The van der Waals surface area contributed by atoms with Crippen LogP contribution in [0, 0.1) is 6.92 Å². The molecule has 0 saturated heterocycles. The first-order chi connectivity index (χ1) is 6.29. The molecule has 0 atom stereocenters. The van der Waals surface area contributed by atoms with Crippen molar-refractivity contribution in [3.8, 4) is 11.3 Å². The van der Waals surface area contributed by atoms with Gasteiger partial charge in [0.1, 0.15) is 5.69 Å². The lowest BCUT2D eigenvalue weighted by molar-refractivity contribution is 0.432. The lowest BCUT2D eigenvalue weighted by Crippen LogP contribution is -1.86. The van der Waals surface area contributed by atoms with Gasteiger partial charge in [0.15, 0.2) is 5.76 Å². The molecule has 0 spiro atoms. The molecule has 1 heterocycles. The first kappa shape index (κ1) is 7.86. The fourth-order valence-electron chi connectivity index (χ4n) is 1.28. The molecule has 0 aliphatic heterocycles. The predicted octanol–water partition coefficient (Wildman–Crippen LogP) is 2.23. The molecule has 0 aliphatic rings. The number of rotatable bonds is 1. The molecule has 0 radical (unpaired) electrons. The fourth-order valence-corrected chi connectivity index (χ4v) is 1.28. The van der Waals surface area contributed by atoms with Crippen molar-refractivity contribution in [2.45, 2.75) is 6.92 Å². The van der Waals surface area contributed by atoms with Crippen molar-refractivity contribution in [2.75, 3.05) is 5.73 Å². The number of anilines is 1. The number of nitrogen functional groups attached to an aromatic ring is 1. The Balaban J connectivity index is 2.59. The van der Waals surface area contributed by atoms with Gasteiger partial charge in [-0.15, -0.1) is 0 Å². The minimum atomic E-state index is 0.578. The molecule has 0 amide bonds. The molecule has 0 bridgehead atoms. The molecule has 2 rings (SSSR count). The molecule has 0 fully saturated rings. The maximum Gasteiger partial charge on any atom is 0.189 e. The molecule has 0 aliphatic carbocycles. The highest BCUT2D eigenvalue weighted by Crippen LogP contribution is 2.27. The maximum atomic E-state index is 5.69. The highest BCUT2D eigenvalue weighted by Gasteiger charge is 2.08. The first-order valence-electron chi connectivity index (χ1n) is 4.05. The third kappa shape index (κ3) is 1.28. The molecular weight excluding hydrogens is 164 g/mol. The van der Waals surface area contributed by atoms with Gasteiger partial charge in [0.25, 0.3) is 0 Å². The van der Waals surface area contributed by atoms with Gasteiger partial charge in [-0.3, -0.25) is 0 Å². The van der Waals surface area contributed by atoms with E-state index in [4.69, 9.17) is 10.3 Å². The van der Waals surface area contributed by atoms with Crippen molar-refractivity contribution in [3.05, 3.63) is 36.0 Å². The summed E-state index contributed by atoms with van der Waals surface area (Å²) < 4.78 is 5.06. The Morgan fingerprint density at radius 3 is 2.69 bits per heavy atom. The van der Waals surface area contributed by atoms with E-state index in [2.05, 4.69) is 5.16 Å². The highest BCUT2D eigenvalue weighted by molar-refractivity contribution is 5.72. The molecule has 2 N–H and O–H groups in total. The van der Waals surface area contributed by atoms with Gasteiger partial charge in [-0.2, -0.15) is 0 Å². The monoisotopic (exact) mass is 174 g/mol. The topological polar surface area (TPSA) is 52.0 Å². The van der Waals surface area contributed by atoms with E-state index in [-0.39, 0.29) is 0 Å². The second-order valence-corrected chi connectivity index (χ2v) is 2.93. The van der Waals surface area contributed by atoms with E-state index in [0.29, 0.717) is 11.4 Å². The summed E-state index contributed by atoms with van der Waals surface area (Å²) in [5.74, 6) is 0.651. The zero-order chi connectivity index (χ0) is 9.26. The van der Waals surface area contributed by atoms with Crippen molar-refractivity contribution in [2.24, 2.45) is 0 Å². The van der Waals surface area contributed by atoms with Crippen molar-refractivity contribution in [1.29, 1.82) is 0 Å². The number of nitrogens with zero attached hydrogens (tertiary/aromatic N) is 1. The van der Waals surface area contributed by atoms with E-state index in [1.807, 2.05) is 31.2 Å². The Morgan fingerprint density at radius 2 is 2.08 bits per heavy atom. The van der Waals surface area contributed by atoms with Crippen LogP contribution in [0.4, 0.5) is 5.69 Å². The third-order valence-electron chi connectivity index (χ3n) is 1.99. The molecule has 3 heteroatoms. The molecule has 66 valence electrons. The van der Waals surface area contributed by atoms with Crippen molar-refractivity contribution < 1.29 is 4.52 Å². The molecule has 0 unspecified atom stereocenters. The number of hydrogen-bond donors (Lipinski definition) is 1. The number of nitrogens with two attached hydrogens (primary N) is 1. The van der Waals surface area contributed by atoms with Crippen LogP contribution in [-0.2, 0) is 0 Å². The van der Waals surface area contributed by atoms with Gasteiger partial charge < -0.3 is 10.3 Å². The summed E-state index contributed by atoms with van der Waals surface area (Å²) in [6.45, 7) is 2.01. The number of aromatic nitrogens is 1. The summed E-state index contributed by atoms with van der Waals surface area (Å²) in [5, 5.41) is 3.64. The van der Waals surface area contributed by atoms with Crippen molar-refractivity contribution in [3.63, 3.8) is 0 Å². The van der Waals surface area contributed by atoms with Crippen LogP contribution < -0.4 is 5.73 Å². The summed E-state index contributed by atoms with van der Waals surface area (Å²) in [6.07, 6.45) is 1.52. The summed E-state index contributed by atoms with van der Waals surface area (Å²) in [6, 6.07) is 7.90. The summed E-state index contributed by atoms with van der Waals surface area (Å²) in [5.41, 5.74) is 8.39. The van der Waals surface area contributed by atoms with Crippen LogP contribution >= 0.6 is 0 Å². The highest BCUT2D eigenvalue weighted by atomic mass is 16.5. The lowest BCUT2D eigenvalue weighted by atomic mass is 10.1. The molecule has 13 heavy (non-hydrogen) atoms. The van der Waals surface area contributed by atoms with Crippen LogP contribution in [0.15, 0.2) is 35.0 Å². The average Bonchev–Trinajstić information content (AvgIpc) is 2.52. The van der Waals surface area contributed by atoms with Crippen LogP contribution in [0.1, 0.15) is 5.56 Å². The second-order valence-electron chi connectivity index (χ2n) is 2.93. The second kappa shape index (κ2) is 2.94. The van der Waals surface area contributed by atoms with E-state index in [9.17, 15) is 0 Å². The van der Waals surface area contributed by atoms with Gasteiger partial charge in [-0.05, 0) is 12.5 Å². The summed E-state index contributed by atoms with van der Waals surface area (Å²) in [4.78, 5) is 0. The minimum absolute atomic E-state index is 0.578. The fraction of sp³-hybridized carbons (Fsp3) is 0.100. The van der Waals surface area contributed by atoms with E-state index in [0.717, 1.165) is 11.1 Å². The predicted molar refractivity (Wildman–Crippen MR) is 51.1 cm³/mol. The molecule has 3 nitrogen and oxygen atoms in total. The standard InChI is InChI=1S/C10H10N2O/c1-7-4-2-3-5-8(7)10-9(11)6-12-13-10/h2-6H,11H2,1H3. The molecule has 2 aromatic rings. The number of benzene rings is 1. The Hall–Kier alpha value is -1.77. The first-order valence-corrected chi connectivity index (χ1v) is 4.05. The molecule has 1 aromatic carbocycles. The Bertz CT molecular complexity index is 420. The lowest BCUT2D eigenvalue weighted by Gasteiger charge is -2.00. The van der Waals surface area contributed by atoms with Gasteiger partial charge >= 0.3 is 0 Å². The smallest absolute Gasteiger partial charge is 0.189 e. The Labute approximate surface area is 76.2 Å². The zero-order valence-corrected chi connectivity index (χ0v) is 7.32. The SMILES string of the molecule is Cc1ccccc1-c1oncc1N. The van der Waals surface area contributed by atoms with Gasteiger partial charge in [-0.1, -0.05) is 29.4 Å². The van der Waals surface area contributed by atoms with Crippen LogP contribution in [-0.4, -0.2) is 5.16 Å². The quantitative estimate of drug-likeness (QED) is 0.721. The number of aryl methyl sites for hydroxylation is 1. The van der Waals surface area contributed by atoms with Crippen LogP contribution in [0.25, 0.3) is 11.3 Å². The maximum absolute atomic E-state index is 5.69.